The Morgan fingerprint density at radius 1 is 1.50 bits per heavy atom. The van der Waals surface area contributed by atoms with Gasteiger partial charge in [-0.3, -0.25) is 4.40 Å². The predicted octanol–water partition coefficient (Wildman–Crippen LogP) is 0.375. The third kappa shape index (κ3) is 1.45. The lowest BCUT2D eigenvalue weighted by molar-refractivity contribution is 0.267. The average Bonchev–Trinajstić information content (AvgIpc) is 2.59. The zero-order valence-corrected chi connectivity index (χ0v) is 8.02. The van der Waals surface area contributed by atoms with Crippen LogP contribution in [-0.4, -0.2) is 26.1 Å². The average molecular weight is 213 g/mol. The molecule has 2 aromatic heterocycles. The maximum Gasteiger partial charge on any atom is 0.234 e. The lowest BCUT2D eigenvalue weighted by atomic mass is 10.2. The Bertz CT molecular complexity index is 456. The van der Waals surface area contributed by atoms with Gasteiger partial charge in [-0.15, -0.1) is 0 Å². The van der Waals surface area contributed by atoms with E-state index >= 15 is 0 Å². The summed E-state index contributed by atoms with van der Waals surface area (Å²) < 4.78 is 1.62. The summed E-state index contributed by atoms with van der Waals surface area (Å²) in [5.74, 6) is 0.517. The second-order valence-corrected chi connectivity index (χ2v) is 3.31. The van der Waals surface area contributed by atoms with Crippen molar-refractivity contribution in [1.29, 1.82) is 0 Å². The largest absolute Gasteiger partial charge is 0.394 e. The zero-order valence-electron chi connectivity index (χ0n) is 7.26. The van der Waals surface area contributed by atoms with Gasteiger partial charge in [0.25, 0.3) is 0 Å². The second-order valence-electron chi connectivity index (χ2n) is 2.93. The highest BCUT2D eigenvalue weighted by Crippen LogP contribution is 2.14. The molecule has 3 N–H and O–H groups in total. The molecule has 0 spiro atoms. The number of aromatic nitrogens is 3. The topological polar surface area (TPSA) is 76.4 Å². The lowest BCUT2D eigenvalue weighted by Crippen LogP contribution is -2.15. The first-order valence-corrected chi connectivity index (χ1v) is 4.45. The first kappa shape index (κ1) is 9.39. The lowest BCUT2D eigenvalue weighted by Gasteiger charge is -2.07. The van der Waals surface area contributed by atoms with Gasteiger partial charge in [0.05, 0.1) is 18.8 Å². The van der Waals surface area contributed by atoms with Crippen LogP contribution >= 0.6 is 11.6 Å². The standard InChI is InChI=1S/C8H9ClN4O/c9-7-2-12-8-11-1-5(3-13(7)8)6(10)4-14/h1-3,6,14H,4,10H2. The Hall–Kier alpha value is -1.17. The van der Waals surface area contributed by atoms with Gasteiger partial charge in [0, 0.05) is 18.0 Å². The van der Waals surface area contributed by atoms with Crippen LogP contribution in [0.1, 0.15) is 11.6 Å². The summed E-state index contributed by atoms with van der Waals surface area (Å²) in [5.41, 5.74) is 6.36. The fourth-order valence-electron chi connectivity index (χ4n) is 1.16. The van der Waals surface area contributed by atoms with Crippen LogP contribution < -0.4 is 5.73 Å². The molecule has 1 atom stereocenters. The van der Waals surface area contributed by atoms with Crippen molar-refractivity contribution < 1.29 is 5.11 Å². The molecule has 5 nitrogen and oxygen atoms in total. The summed E-state index contributed by atoms with van der Waals surface area (Å²) >= 11 is 5.85. The third-order valence-corrected chi connectivity index (χ3v) is 2.24. The van der Waals surface area contributed by atoms with Crippen molar-refractivity contribution in [2.75, 3.05) is 6.61 Å². The van der Waals surface area contributed by atoms with Crippen LogP contribution in [0.2, 0.25) is 5.15 Å². The van der Waals surface area contributed by atoms with Crippen LogP contribution in [0.3, 0.4) is 0 Å². The second kappa shape index (κ2) is 3.53. The highest BCUT2D eigenvalue weighted by molar-refractivity contribution is 6.29. The number of aliphatic hydroxyl groups is 1. The Morgan fingerprint density at radius 2 is 2.21 bits per heavy atom. The van der Waals surface area contributed by atoms with Crippen molar-refractivity contribution in [3.63, 3.8) is 0 Å². The molecule has 0 radical (unpaired) electrons. The maximum atomic E-state index is 8.87. The monoisotopic (exact) mass is 212 g/mol. The van der Waals surface area contributed by atoms with E-state index in [1.54, 1.807) is 16.8 Å². The number of hydrogen-bond acceptors (Lipinski definition) is 4. The van der Waals surface area contributed by atoms with Crippen LogP contribution in [0.15, 0.2) is 18.6 Å². The highest BCUT2D eigenvalue weighted by atomic mass is 35.5. The Kier molecular flexibility index (Phi) is 2.37. The summed E-state index contributed by atoms with van der Waals surface area (Å²) in [5, 5.41) is 9.34. The van der Waals surface area contributed by atoms with Crippen LogP contribution in [0.5, 0.6) is 0 Å². The quantitative estimate of drug-likeness (QED) is 0.755. The molecule has 2 heterocycles. The van der Waals surface area contributed by atoms with E-state index in [4.69, 9.17) is 22.4 Å². The molecule has 0 bridgehead atoms. The minimum atomic E-state index is -0.439. The Labute approximate surface area is 85.2 Å². The van der Waals surface area contributed by atoms with E-state index in [0.717, 1.165) is 5.56 Å². The van der Waals surface area contributed by atoms with Crippen LogP contribution in [0.4, 0.5) is 0 Å². The number of nitrogens with two attached hydrogens (primary N) is 1. The van der Waals surface area contributed by atoms with Crippen molar-refractivity contribution in [1.82, 2.24) is 14.4 Å². The molecule has 1 unspecified atom stereocenters. The minimum absolute atomic E-state index is 0.125. The normalized spacial score (nSPS) is 13.4. The van der Waals surface area contributed by atoms with Crippen LogP contribution in [-0.2, 0) is 0 Å². The van der Waals surface area contributed by atoms with Crippen molar-refractivity contribution >= 4 is 17.4 Å². The Balaban J connectivity index is 2.54. The highest BCUT2D eigenvalue weighted by Gasteiger charge is 2.08. The number of hydrogen-bond donors (Lipinski definition) is 2. The predicted molar refractivity (Wildman–Crippen MR) is 52.0 cm³/mol. The van der Waals surface area contributed by atoms with Gasteiger partial charge in [-0.2, -0.15) is 0 Å². The molecule has 0 saturated carbocycles. The number of rotatable bonds is 2. The van der Waals surface area contributed by atoms with Crippen molar-refractivity contribution in [2.45, 2.75) is 6.04 Å². The Morgan fingerprint density at radius 3 is 2.93 bits per heavy atom. The van der Waals surface area contributed by atoms with Gasteiger partial charge in [0.15, 0.2) is 0 Å². The summed E-state index contributed by atoms with van der Waals surface area (Å²) in [4.78, 5) is 8.01. The summed E-state index contributed by atoms with van der Waals surface area (Å²) in [6.45, 7) is -0.125. The van der Waals surface area contributed by atoms with Gasteiger partial charge in [-0.1, -0.05) is 11.6 Å². The van der Waals surface area contributed by atoms with Crippen LogP contribution in [0, 0.1) is 0 Å². The van der Waals surface area contributed by atoms with Crippen molar-refractivity contribution in [2.24, 2.45) is 5.73 Å². The SMILES string of the molecule is NC(CO)c1cnc2ncc(Cl)n2c1. The van der Waals surface area contributed by atoms with Gasteiger partial charge in [-0.05, 0) is 0 Å². The van der Waals surface area contributed by atoms with Gasteiger partial charge >= 0.3 is 0 Å². The third-order valence-electron chi connectivity index (χ3n) is 1.96. The summed E-state index contributed by atoms with van der Waals surface area (Å²) in [6.07, 6.45) is 4.82. The molecular weight excluding hydrogens is 204 g/mol. The molecule has 0 aliphatic carbocycles. The molecule has 0 aliphatic heterocycles. The van der Waals surface area contributed by atoms with Gasteiger partial charge < -0.3 is 10.8 Å². The molecule has 0 aliphatic rings. The molecule has 2 aromatic rings. The van der Waals surface area contributed by atoms with E-state index in [1.165, 1.54) is 6.20 Å². The maximum absolute atomic E-state index is 8.87. The number of nitrogens with zero attached hydrogens (tertiary/aromatic N) is 3. The van der Waals surface area contributed by atoms with E-state index in [2.05, 4.69) is 9.97 Å². The molecular formula is C8H9ClN4O. The summed E-state index contributed by atoms with van der Waals surface area (Å²) in [6, 6.07) is -0.439. The fraction of sp³-hybridized carbons (Fsp3) is 0.250. The number of aliphatic hydroxyl groups excluding tert-OH is 1. The first-order chi connectivity index (χ1) is 6.72. The van der Waals surface area contributed by atoms with E-state index in [9.17, 15) is 0 Å². The van der Waals surface area contributed by atoms with Crippen molar-refractivity contribution in [3.8, 4) is 0 Å². The molecule has 0 saturated heterocycles. The molecule has 0 fully saturated rings. The van der Waals surface area contributed by atoms with Gasteiger partial charge in [0.2, 0.25) is 5.78 Å². The zero-order chi connectivity index (χ0) is 10.1. The smallest absolute Gasteiger partial charge is 0.234 e. The van der Waals surface area contributed by atoms with Crippen LogP contribution in [0.25, 0.3) is 5.78 Å². The molecule has 2 rings (SSSR count). The van der Waals surface area contributed by atoms with Gasteiger partial charge in [0.1, 0.15) is 5.15 Å². The summed E-state index contributed by atoms with van der Waals surface area (Å²) in [7, 11) is 0. The van der Waals surface area contributed by atoms with E-state index < -0.39 is 6.04 Å². The van der Waals surface area contributed by atoms with E-state index in [1.807, 2.05) is 0 Å². The number of fused-ring (bicyclic) bond motifs is 1. The van der Waals surface area contributed by atoms with E-state index in [-0.39, 0.29) is 6.61 Å². The molecule has 6 heteroatoms. The molecule has 0 aromatic carbocycles. The number of imidazole rings is 1. The fourth-order valence-corrected chi connectivity index (χ4v) is 1.33. The minimum Gasteiger partial charge on any atom is -0.394 e. The molecule has 14 heavy (non-hydrogen) atoms. The molecule has 0 amide bonds. The van der Waals surface area contributed by atoms with Crippen molar-refractivity contribution in [3.05, 3.63) is 29.3 Å². The molecule has 74 valence electrons. The van der Waals surface area contributed by atoms with Gasteiger partial charge in [-0.25, -0.2) is 9.97 Å². The number of halogens is 1. The van der Waals surface area contributed by atoms with E-state index in [0.29, 0.717) is 10.9 Å². The first-order valence-electron chi connectivity index (χ1n) is 4.07.